The van der Waals surface area contributed by atoms with Crippen molar-refractivity contribution in [2.75, 3.05) is 7.05 Å². The first-order chi connectivity index (χ1) is 9.47. The zero-order chi connectivity index (χ0) is 14.7. The Hall–Kier alpha value is -1.32. The van der Waals surface area contributed by atoms with Crippen molar-refractivity contribution in [1.29, 1.82) is 0 Å². The molecule has 0 fully saturated rings. The fraction of sp³-hybridized carbons (Fsp3) is 0.188. The van der Waals surface area contributed by atoms with Crippen LogP contribution in [0.1, 0.15) is 21.5 Å². The molecule has 0 N–H and O–H groups in total. The first kappa shape index (κ1) is 15.1. The summed E-state index contributed by atoms with van der Waals surface area (Å²) in [5, 5.41) is 0.700. The Morgan fingerprint density at radius 2 is 1.85 bits per heavy atom. The van der Waals surface area contributed by atoms with Gasteiger partial charge in [0.05, 0.1) is 0 Å². The van der Waals surface area contributed by atoms with Crippen LogP contribution in [0.25, 0.3) is 0 Å². The molecule has 2 aromatic carbocycles. The van der Waals surface area contributed by atoms with Crippen LogP contribution in [0.5, 0.6) is 0 Å². The molecule has 1 amide bonds. The molecule has 0 aliphatic heterocycles. The van der Waals surface area contributed by atoms with Crippen LogP contribution in [0.2, 0.25) is 5.02 Å². The van der Waals surface area contributed by atoms with Gasteiger partial charge in [0.2, 0.25) is 0 Å². The van der Waals surface area contributed by atoms with E-state index in [0.29, 0.717) is 11.6 Å². The van der Waals surface area contributed by atoms with Crippen LogP contribution >= 0.6 is 27.5 Å². The van der Waals surface area contributed by atoms with Crippen molar-refractivity contribution in [2.24, 2.45) is 0 Å². The minimum absolute atomic E-state index is 0.0185. The third kappa shape index (κ3) is 3.62. The Morgan fingerprint density at radius 3 is 2.45 bits per heavy atom. The second kappa shape index (κ2) is 6.42. The Kier molecular flexibility index (Phi) is 4.84. The van der Waals surface area contributed by atoms with E-state index in [-0.39, 0.29) is 5.91 Å². The van der Waals surface area contributed by atoms with E-state index in [1.54, 1.807) is 11.9 Å². The van der Waals surface area contributed by atoms with Crippen LogP contribution in [0.4, 0.5) is 0 Å². The van der Waals surface area contributed by atoms with Gasteiger partial charge in [0, 0.05) is 28.7 Å². The largest absolute Gasteiger partial charge is 0.337 e. The lowest BCUT2D eigenvalue weighted by atomic mass is 10.1. The van der Waals surface area contributed by atoms with Gasteiger partial charge in [0.15, 0.2) is 0 Å². The number of halogens is 2. The molecule has 0 radical (unpaired) electrons. The number of benzene rings is 2. The maximum absolute atomic E-state index is 12.4. The molecule has 20 heavy (non-hydrogen) atoms. The highest BCUT2D eigenvalue weighted by molar-refractivity contribution is 9.10. The normalized spacial score (nSPS) is 10.4. The lowest BCUT2D eigenvalue weighted by molar-refractivity contribution is 0.0784. The maximum atomic E-state index is 12.4. The summed E-state index contributed by atoms with van der Waals surface area (Å²) in [7, 11) is 1.80. The molecule has 0 aromatic heterocycles. The molecule has 2 rings (SSSR count). The molecule has 0 aliphatic carbocycles. The average Bonchev–Trinajstić information content (AvgIpc) is 2.40. The molecular formula is C16H15BrClNO. The molecule has 2 nitrogen and oxygen atoms in total. The van der Waals surface area contributed by atoms with Gasteiger partial charge in [-0.15, -0.1) is 0 Å². The van der Waals surface area contributed by atoms with Crippen molar-refractivity contribution in [1.82, 2.24) is 4.90 Å². The van der Waals surface area contributed by atoms with Crippen LogP contribution in [0.15, 0.2) is 46.9 Å². The summed E-state index contributed by atoms with van der Waals surface area (Å²) in [6.45, 7) is 2.50. The highest BCUT2D eigenvalue weighted by Crippen LogP contribution is 2.18. The fourth-order valence-electron chi connectivity index (χ4n) is 2.01. The summed E-state index contributed by atoms with van der Waals surface area (Å²) >= 11 is 9.26. The van der Waals surface area contributed by atoms with Gasteiger partial charge >= 0.3 is 0 Å². The summed E-state index contributed by atoms with van der Waals surface area (Å²) in [5.74, 6) is 0.0185. The first-order valence-corrected chi connectivity index (χ1v) is 7.40. The highest BCUT2D eigenvalue weighted by atomic mass is 79.9. The summed E-state index contributed by atoms with van der Waals surface area (Å²) in [6, 6.07) is 13.2. The van der Waals surface area contributed by atoms with Gasteiger partial charge in [-0.1, -0.05) is 39.7 Å². The van der Waals surface area contributed by atoms with Gasteiger partial charge < -0.3 is 4.90 Å². The van der Waals surface area contributed by atoms with Crippen LogP contribution in [-0.2, 0) is 6.54 Å². The maximum Gasteiger partial charge on any atom is 0.254 e. The number of hydrogen-bond donors (Lipinski definition) is 0. The molecule has 2 aromatic rings. The van der Waals surface area contributed by atoms with E-state index in [1.807, 2.05) is 49.4 Å². The molecule has 104 valence electrons. The van der Waals surface area contributed by atoms with E-state index in [9.17, 15) is 4.79 Å². The zero-order valence-corrected chi connectivity index (χ0v) is 13.7. The minimum Gasteiger partial charge on any atom is -0.337 e. The SMILES string of the molecule is Cc1cc(Br)ccc1C(=O)N(C)Cc1ccc(Cl)cc1. The standard InChI is InChI=1S/C16H15BrClNO/c1-11-9-13(17)5-8-15(11)16(20)19(2)10-12-3-6-14(18)7-4-12/h3-9H,10H2,1-2H3. The summed E-state index contributed by atoms with van der Waals surface area (Å²) in [5.41, 5.74) is 2.75. The van der Waals surface area contributed by atoms with E-state index >= 15 is 0 Å². The Balaban J connectivity index is 2.14. The predicted octanol–water partition coefficient (Wildman–Crippen LogP) is 4.68. The number of aryl methyl sites for hydroxylation is 1. The van der Waals surface area contributed by atoms with E-state index in [4.69, 9.17) is 11.6 Å². The number of rotatable bonds is 3. The van der Waals surface area contributed by atoms with Crippen LogP contribution < -0.4 is 0 Å². The fourth-order valence-corrected chi connectivity index (χ4v) is 2.61. The Morgan fingerprint density at radius 1 is 1.20 bits per heavy atom. The first-order valence-electron chi connectivity index (χ1n) is 6.23. The smallest absolute Gasteiger partial charge is 0.254 e. The van der Waals surface area contributed by atoms with E-state index < -0.39 is 0 Å². The van der Waals surface area contributed by atoms with Gasteiger partial charge in [-0.05, 0) is 48.4 Å². The average molecular weight is 353 g/mol. The topological polar surface area (TPSA) is 20.3 Å². The predicted molar refractivity (Wildman–Crippen MR) is 86.1 cm³/mol. The zero-order valence-electron chi connectivity index (χ0n) is 11.4. The Bertz CT molecular complexity index is 625. The van der Waals surface area contributed by atoms with Crippen LogP contribution in [0.3, 0.4) is 0 Å². The molecule has 4 heteroatoms. The molecule has 0 saturated heterocycles. The molecular weight excluding hydrogens is 338 g/mol. The number of carbonyl (C=O) groups is 1. The number of nitrogens with zero attached hydrogens (tertiary/aromatic N) is 1. The molecule has 0 saturated carbocycles. The number of carbonyl (C=O) groups excluding carboxylic acids is 1. The minimum atomic E-state index is 0.0185. The monoisotopic (exact) mass is 351 g/mol. The lowest BCUT2D eigenvalue weighted by Gasteiger charge is -2.18. The second-order valence-corrected chi connectivity index (χ2v) is 6.10. The molecule has 0 aliphatic rings. The van der Waals surface area contributed by atoms with Crippen molar-refractivity contribution in [2.45, 2.75) is 13.5 Å². The number of hydrogen-bond acceptors (Lipinski definition) is 1. The van der Waals surface area contributed by atoms with Crippen LogP contribution in [0, 0.1) is 6.92 Å². The van der Waals surface area contributed by atoms with Gasteiger partial charge in [0.25, 0.3) is 5.91 Å². The Labute approximate surface area is 132 Å². The molecule has 0 spiro atoms. The molecule has 0 unspecified atom stereocenters. The van der Waals surface area contributed by atoms with E-state index in [1.165, 1.54) is 0 Å². The second-order valence-electron chi connectivity index (χ2n) is 4.75. The van der Waals surface area contributed by atoms with Crippen molar-refractivity contribution in [3.8, 4) is 0 Å². The van der Waals surface area contributed by atoms with Crippen molar-refractivity contribution < 1.29 is 4.79 Å². The summed E-state index contributed by atoms with van der Waals surface area (Å²) in [4.78, 5) is 14.1. The summed E-state index contributed by atoms with van der Waals surface area (Å²) in [6.07, 6.45) is 0. The van der Waals surface area contributed by atoms with Crippen molar-refractivity contribution >= 4 is 33.4 Å². The van der Waals surface area contributed by atoms with Crippen LogP contribution in [-0.4, -0.2) is 17.9 Å². The third-order valence-electron chi connectivity index (χ3n) is 3.10. The third-order valence-corrected chi connectivity index (χ3v) is 3.84. The lowest BCUT2D eigenvalue weighted by Crippen LogP contribution is -2.26. The van der Waals surface area contributed by atoms with E-state index in [2.05, 4.69) is 15.9 Å². The van der Waals surface area contributed by atoms with Gasteiger partial charge in [0.1, 0.15) is 0 Å². The molecule has 0 bridgehead atoms. The summed E-state index contributed by atoms with van der Waals surface area (Å²) < 4.78 is 0.979. The van der Waals surface area contributed by atoms with Gasteiger partial charge in [-0.2, -0.15) is 0 Å². The highest BCUT2D eigenvalue weighted by Gasteiger charge is 2.14. The van der Waals surface area contributed by atoms with Gasteiger partial charge in [-0.3, -0.25) is 4.79 Å². The van der Waals surface area contributed by atoms with Crippen molar-refractivity contribution in [3.63, 3.8) is 0 Å². The van der Waals surface area contributed by atoms with E-state index in [0.717, 1.165) is 21.2 Å². The van der Waals surface area contributed by atoms with Crippen molar-refractivity contribution in [3.05, 3.63) is 68.7 Å². The van der Waals surface area contributed by atoms with Gasteiger partial charge in [-0.25, -0.2) is 0 Å². The molecule has 0 heterocycles. The molecule has 0 atom stereocenters. The number of amides is 1. The quantitative estimate of drug-likeness (QED) is 0.785.